The van der Waals surface area contributed by atoms with Gasteiger partial charge >= 0.3 is 0 Å². The summed E-state index contributed by atoms with van der Waals surface area (Å²) >= 11 is 0. The number of nitrogens with two attached hydrogens (primary N) is 1. The fraction of sp³-hybridized carbons (Fsp3) is 0.150. The number of aryl methyl sites for hydroxylation is 1. The van der Waals surface area contributed by atoms with E-state index in [0.29, 0.717) is 12.4 Å². The molecule has 0 amide bonds. The summed E-state index contributed by atoms with van der Waals surface area (Å²) in [7, 11) is 0. The molecular formula is C20H17N5. The maximum Gasteiger partial charge on any atom is 0.152 e. The molecule has 0 saturated carbocycles. The molecule has 0 atom stereocenters. The highest BCUT2D eigenvalue weighted by molar-refractivity contribution is 6.06. The fourth-order valence-corrected chi connectivity index (χ4v) is 3.00. The third kappa shape index (κ3) is 2.68. The lowest BCUT2D eigenvalue weighted by atomic mass is 10.2. The zero-order chi connectivity index (χ0) is 17.2. The van der Waals surface area contributed by atoms with Crippen molar-refractivity contribution >= 4 is 27.8 Å². The highest BCUT2D eigenvalue weighted by Gasteiger charge is 2.15. The van der Waals surface area contributed by atoms with Crippen LogP contribution in [0.15, 0.2) is 48.8 Å². The van der Waals surface area contributed by atoms with Gasteiger partial charge in [-0.1, -0.05) is 37.0 Å². The van der Waals surface area contributed by atoms with Crippen LogP contribution in [-0.4, -0.2) is 19.5 Å². The molecule has 25 heavy (non-hydrogen) atoms. The maximum absolute atomic E-state index is 6.15. The van der Waals surface area contributed by atoms with Gasteiger partial charge in [-0.3, -0.25) is 4.98 Å². The number of nitrogens with zero attached hydrogens (tertiary/aromatic N) is 4. The Bertz CT molecular complexity index is 1120. The van der Waals surface area contributed by atoms with Crippen molar-refractivity contribution in [1.82, 2.24) is 19.5 Å². The molecule has 0 fully saturated rings. The number of benzene rings is 1. The van der Waals surface area contributed by atoms with Gasteiger partial charge in [0.2, 0.25) is 0 Å². The van der Waals surface area contributed by atoms with Crippen molar-refractivity contribution in [3.63, 3.8) is 0 Å². The Hall–Kier alpha value is -3.39. The topological polar surface area (TPSA) is 69.6 Å². The van der Waals surface area contributed by atoms with Gasteiger partial charge < -0.3 is 10.3 Å². The number of pyridine rings is 2. The third-order valence-electron chi connectivity index (χ3n) is 4.14. The summed E-state index contributed by atoms with van der Waals surface area (Å²) in [6, 6.07) is 11.8. The predicted molar refractivity (Wildman–Crippen MR) is 99.9 cm³/mol. The Morgan fingerprint density at radius 1 is 1.12 bits per heavy atom. The van der Waals surface area contributed by atoms with Gasteiger partial charge in [-0.2, -0.15) is 0 Å². The molecule has 0 unspecified atom stereocenters. The number of para-hydroxylation sites is 1. The van der Waals surface area contributed by atoms with Crippen molar-refractivity contribution in [3.8, 4) is 11.8 Å². The zero-order valence-electron chi connectivity index (χ0n) is 13.9. The quantitative estimate of drug-likeness (QED) is 0.574. The molecule has 0 radical (unpaired) electrons. The molecule has 0 aliphatic carbocycles. The number of hydrogen-bond donors (Lipinski definition) is 1. The van der Waals surface area contributed by atoms with Crippen molar-refractivity contribution in [1.29, 1.82) is 0 Å². The molecule has 122 valence electrons. The van der Waals surface area contributed by atoms with Gasteiger partial charge in [0.15, 0.2) is 5.82 Å². The van der Waals surface area contributed by atoms with E-state index in [0.717, 1.165) is 39.7 Å². The summed E-state index contributed by atoms with van der Waals surface area (Å²) in [6.45, 7) is 2.63. The molecule has 2 N–H and O–H groups in total. The van der Waals surface area contributed by atoms with Crippen molar-refractivity contribution in [2.75, 3.05) is 5.73 Å². The summed E-state index contributed by atoms with van der Waals surface area (Å²) in [5.41, 5.74) is 9.67. The van der Waals surface area contributed by atoms with Crippen LogP contribution in [0, 0.1) is 11.8 Å². The van der Waals surface area contributed by atoms with Crippen LogP contribution < -0.4 is 5.73 Å². The van der Waals surface area contributed by atoms with E-state index in [9.17, 15) is 0 Å². The van der Waals surface area contributed by atoms with Gasteiger partial charge in [-0.05, 0) is 18.2 Å². The van der Waals surface area contributed by atoms with Gasteiger partial charge in [-0.15, -0.1) is 0 Å². The number of imidazole rings is 1. The first kappa shape index (κ1) is 15.2. The van der Waals surface area contributed by atoms with Crippen LogP contribution in [0.4, 0.5) is 5.82 Å². The van der Waals surface area contributed by atoms with Crippen LogP contribution in [0.2, 0.25) is 0 Å². The minimum Gasteiger partial charge on any atom is -0.382 e. The monoisotopic (exact) mass is 327 g/mol. The molecule has 0 bridgehead atoms. The molecule has 0 aliphatic heterocycles. The van der Waals surface area contributed by atoms with Gasteiger partial charge in [-0.25, -0.2) is 9.97 Å². The standard InChI is InChI=1S/C20H17N5/c1-2-17-24-18-19(15-9-3-4-10-16(15)23-20(18)21)25(17)12-6-8-14-7-5-11-22-13-14/h3-5,7,9-11,13H,2,12H2,1H3,(H2,21,23). The molecule has 3 aromatic heterocycles. The minimum absolute atomic E-state index is 0.461. The van der Waals surface area contributed by atoms with E-state index in [-0.39, 0.29) is 0 Å². The Labute approximate surface area is 145 Å². The van der Waals surface area contributed by atoms with E-state index in [1.54, 1.807) is 12.4 Å². The smallest absolute Gasteiger partial charge is 0.152 e. The first-order chi connectivity index (χ1) is 12.3. The van der Waals surface area contributed by atoms with Gasteiger partial charge in [0, 0.05) is 29.8 Å². The highest BCUT2D eigenvalue weighted by Crippen LogP contribution is 2.28. The van der Waals surface area contributed by atoms with E-state index in [4.69, 9.17) is 10.7 Å². The fourth-order valence-electron chi connectivity index (χ4n) is 3.00. The molecule has 0 saturated heterocycles. The van der Waals surface area contributed by atoms with E-state index < -0.39 is 0 Å². The lowest BCUT2D eigenvalue weighted by molar-refractivity contribution is 0.783. The van der Waals surface area contributed by atoms with Crippen LogP contribution in [-0.2, 0) is 13.0 Å². The van der Waals surface area contributed by atoms with Crippen LogP contribution in [0.5, 0.6) is 0 Å². The lowest BCUT2D eigenvalue weighted by Gasteiger charge is -2.06. The summed E-state index contributed by atoms with van der Waals surface area (Å²) in [4.78, 5) is 13.3. The molecule has 1 aromatic carbocycles. The Morgan fingerprint density at radius 3 is 2.80 bits per heavy atom. The SMILES string of the molecule is CCc1nc2c(N)nc3ccccc3c2n1CC#Cc1cccnc1. The first-order valence-corrected chi connectivity index (χ1v) is 8.20. The average Bonchev–Trinajstić information content (AvgIpc) is 3.02. The van der Waals surface area contributed by atoms with Crippen molar-refractivity contribution in [3.05, 3.63) is 60.2 Å². The molecular weight excluding hydrogens is 310 g/mol. The predicted octanol–water partition coefficient (Wildman–Crippen LogP) is 3.18. The van der Waals surface area contributed by atoms with Crippen molar-refractivity contribution < 1.29 is 0 Å². The number of rotatable bonds is 2. The number of aromatic nitrogens is 4. The van der Waals surface area contributed by atoms with E-state index in [1.165, 1.54) is 0 Å². The Kier molecular flexibility index (Phi) is 3.79. The zero-order valence-corrected chi connectivity index (χ0v) is 13.9. The van der Waals surface area contributed by atoms with E-state index >= 15 is 0 Å². The second-order valence-electron chi connectivity index (χ2n) is 5.72. The van der Waals surface area contributed by atoms with Gasteiger partial charge in [0.25, 0.3) is 0 Å². The number of fused-ring (bicyclic) bond motifs is 3. The number of hydrogen-bond acceptors (Lipinski definition) is 4. The number of nitrogen functional groups attached to an aromatic ring is 1. The normalized spacial score (nSPS) is 10.8. The first-order valence-electron chi connectivity index (χ1n) is 8.20. The van der Waals surface area contributed by atoms with Crippen molar-refractivity contribution in [2.45, 2.75) is 19.9 Å². The third-order valence-corrected chi connectivity index (χ3v) is 4.14. The Morgan fingerprint density at radius 2 is 2.00 bits per heavy atom. The second-order valence-corrected chi connectivity index (χ2v) is 5.72. The molecule has 5 heteroatoms. The van der Waals surface area contributed by atoms with Crippen LogP contribution >= 0.6 is 0 Å². The largest absolute Gasteiger partial charge is 0.382 e. The molecule has 4 aromatic rings. The van der Waals surface area contributed by atoms with Gasteiger partial charge in [0.05, 0.1) is 17.6 Å². The highest BCUT2D eigenvalue weighted by atomic mass is 15.1. The molecule has 4 rings (SSSR count). The molecule has 0 spiro atoms. The van der Waals surface area contributed by atoms with Crippen LogP contribution in [0.1, 0.15) is 18.3 Å². The second kappa shape index (κ2) is 6.25. The molecule has 5 nitrogen and oxygen atoms in total. The minimum atomic E-state index is 0.461. The van der Waals surface area contributed by atoms with Crippen LogP contribution in [0.25, 0.3) is 21.9 Å². The molecule has 3 heterocycles. The summed E-state index contributed by atoms with van der Waals surface area (Å²) < 4.78 is 2.14. The number of anilines is 1. The maximum atomic E-state index is 6.15. The van der Waals surface area contributed by atoms with Crippen molar-refractivity contribution in [2.24, 2.45) is 0 Å². The van der Waals surface area contributed by atoms with Crippen LogP contribution in [0.3, 0.4) is 0 Å². The van der Waals surface area contributed by atoms with E-state index in [2.05, 4.69) is 39.4 Å². The van der Waals surface area contributed by atoms with E-state index in [1.807, 2.05) is 30.3 Å². The lowest BCUT2D eigenvalue weighted by Crippen LogP contribution is -2.02. The molecule has 0 aliphatic rings. The average molecular weight is 327 g/mol. The van der Waals surface area contributed by atoms with Gasteiger partial charge in [0.1, 0.15) is 11.3 Å². The summed E-state index contributed by atoms with van der Waals surface area (Å²) in [6.07, 6.45) is 4.31. The summed E-state index contributed by atoms with van der Waals surface area (Å²) in [5, 5.41) is 1.04. The summed E-state index contributed by atoms with van der Waals surface area (Å²) in [5.74, 6) is 7.80. The Balaban J connectivity index is 1.89.